The maximum Gasteiger partial charge on any atom is 0.223 e. The minimum absolute atomic E-state index is 0.0303. The highest BCUT2D eigenvalue weighted by Crippen LogP contribution is 2.31. The van der Waals surface area contributed by atoms with Crippen LogP contribution < -0.4 is 0 Å². The second-order valence-corrected chi connectivity index (χ2v) is 5.18. The van der Waals surface area contributed by atoms with Gasteiger partial charge in [0, 0.05) is 43.8 Å². The molecule has 1 aliphatic heterocycles. The average molecular weight is 251 g/mol. The summed E-state index contributed by atoms with van der Waals surface area (Å²) in [4.78, 5) is 13.8. The predicted molar refractivity (Wildman–Crippen MR) is 68.0 cm³/mol. The van der Waals surface area contributed by atoms with Crippen molar-refractivity contribution < 1.29 is 9.90 Å². The van der Waals surface area contributed by atoms with Gasteiger partial charge in [0.05, 0.1) is 11.7 Å². The molecule has 2 unspecified atom stereocenters. The fourth-order valence-corrected chi connectivity index (χ4v) is 2.86. The molecule has 1 N–H and O–H groups in total. The maximum atomic E-state index is 12.0. The fourth-order valence-electron chi connectivity index (χ4n) is 2.86. The second-order valence-electron chi connectivity index (χ2n) is 5.18. The first kappa shape index (κ1) is 13.1. The third-order valence-electron chi connectivity index (χ3n) is 3.95. The van der Waals surface area contributed by atoms with Crippen molar-refractivity contribution in [3.63, 3.8) is 0 Å². The molecule has 18 heavy (non-hydrogen) atoms. The van der Waals surface area contributed by atoms with Gasteiger partial charge in [-0.1, -0.05) is 0 Å². The molecule has 1 aliphatic rings. The maximum absolute atomic E-state index is 12.0. The smallest absolute Gasteiger partial charge is 0.223 e. The van der Waals surface area contributed by atoms with Gasteiger partial charge in [-0.25, -0.2) is 0 Å². The molecule has 0 saturated carbocycles. The van der Waals surface area contributed by atoms with E-state index in [-0.39, 0.29) is 24.5 Å². The molecular weight excluding hydrogens is 230 g/mol. The summed E-state index contributed by atoms with van der Waals surface area (Å²) in [6.45, 7) is 6.76. The Morgan fingerprint density at radius 1 is 1.50 bits per heavy atom. The summed E-state index contributed by atoms with van der Waals surface area (Å²) in [5.74, 6) is 0.210. The van der Waals surface area contributed by atoms with Gasteiger partial charge in [-0.05, 0) is 20.8 Å². The molecule has 1 fully saturated rings. The molecule has 5 heteroatoms. The van der Waals surface area contributed by atoms with Gasteiger partial charge in [-0.3, -0.25) is 9.48 Å². The molecule has 0 radical (unpaired) electrons. The summed E-state index contributed by atoms with van der Waals surface area (Å²) in [5.41, 5.74) is 3.20. The van der Waals surface area contributed by atoms with Crippen LogP contribution >= 0.6 is 0 Å². The highest BCUT2D eigenvalue weighted by atomic mass is 16.3. The number of amides is 1. The Kier molecular flexibility index (Phi) is 3.43. The van der Waals surface area contributed by atoms with Crippen LogP contribution in [-0.4, -0.2) is 38.8 Å². The van der Waals surface area contributed by atoms with E-state index in [1.807, 2.05) is 37.4 Å². The van der Waals surface area contributed by atoms with Gasteiger partial charge < -0.3 is 10.0 Å². The topological polar surface area (TPSA) is 58.4 Å². The first-order valence-electron chi connectivity index (χ1n) is 6.36. The van der Waals surface area contributed by atoms with Crippen LogP contribution in [0.2, 0.25) is 0 Å². The normalized spacial score (nSPS) is 21.7. The summed E-state index contributed by atoms with van der Waals surface area (Å²) in [5, 5.41) is 13.6. The number of carbonyl (C=O) groups excluding carboxylic acids is 1. The second kappa shape index (κ2) is 4.72. The summed E-state index contributed by atoms with van der Waals surface area (Å²) >= 11 is 0. The van der Waals surface area contributed by atoms with Crippen molar-refractivity contribution in [1.82, 2.24) is 14.7 Å². The van der Waals surface area contributed by atoms with Gasteiger partial charge in [0.1, 0.15) is 0 Å². The Bertz CT molecular complexity index is 467. The highest BCUT2D eigenvalue weighted by Gasteiger charge is 2.34. The van der Waals surface area contributed by atoms with E-state index in [9.17, 15) is 9.90 Å². The van der Waals surface area contributed by atoms with E-state index >= 15 is 0 Å². The van der Waals surface area contributed by atoms with Gasteiger partial charge in [0.25, 0.3) is 0 Å². The zero-order valence-electron chi connectivity index (χ0n) is 11.5. The van der Waals surface area contributed by atoms with Crippen LogP contribution in [0.3, 0.4) is 0 Å². The van der Waals surface area contributed by atoms with E-state index in [4.69, 9.17) is 0 Å². The van der Waals surface area contributed by atoms with Crippen molar-refractivity contribution in [2.24, 2.45) is 13.0 Å². The number of rotatable bonds is 3. The fraction of sp³-hybridized carbons (Fsp3) is 0.692. The van der Waals surface area contributed by atoms with Crippen LogP contribution in [0.25, 0.3) is 0 Å². The molecule has 1 aromatic heterocycles. The molecular formula is C13H21N3O2. The molecule has 1 saturated heterocycles. The molecule has 0 bridgehead atoms. The van der Waals surface area contributed by atoms with Crippen molar-refractivity contribution in [2.75, 3.05) is 13.2 Å². The van der Waals surface area contributed by atoms with Crippen molar-refractivity contribution in [3.05, 3.63) is 17.0 Å². The Balaban J connectivity index is 2.26. The van der Waals surface area contributed by atoms with Crippen LogP contribution in [-0.2, 0) is 11.8 Å². The number of aromatic nitrogens is 2. The molecule has 100 valence electrons. The monoisotopic (exact) mass is 251 g/mol. The summed E-state index contributed by atoms with van der Waals surface area (Å²) < 4.78 is 1.85. The van der Waals surface area contributed by atoms with Gasteiger partial charge in [-0.2, -0.15) is 5.10 Å². The number of nitrogens with zero attached hydrogens (tertiary/aromatic N) is 3. The largest absolute Gasteiger partial charge is 0.396 e. The first-order valence-corrected chi connectivity index (χ1v) is 6.36. The Morgan fingerprint density at radius 2 is 2.17 bits per heavy atom. The van der Waals surface area contributed by atoms with Crippen molar-refractivity contribution >= 4 is 5.91 Å². The number of hydrogen-bond acceptors (Lipinski definition) is 3. The van der Waals surface area contributed by atoms with E-state index in [2.05, 4.69) is 5.10 Å². The van der Waals surface area contributed by atoms with Gasteiger partial charge >= 0.3 is 0 Å². The van der Waals surface area contributed by atoms with Crippen LogP contribution in [0.4, 0.5) is 0 Å². The molecule has 5 nitrogen and oxygen atoms in total. The molecule has 0 aromatic carbocycles. The lowest BCUT2D eigenvalue weighted by atomic mass is 10.1. The Labute approximate surface area is 107 Å². The molecule has 1 aromatic rings. The Hall–Kier alpha value is -1.36. The van der Waals surface area contributed by atoms with Crippen LogP contribution in [0, 0.1) is 19.8 Å². The third-order valence-corrected chi connectivity index (χ3v) is 3.95. The van der Waals surface area contributed by atoms with E-state index in [1.54, 1.807) is 0 Å². The third kappa shape index (κ3) is 2.03. The van der Waals surface area contributed by atoms with Crippen LogP contribution in [0.5, 0.6) is 0 Å². The number of aryl methyl sites for hydroxylation is 2. The standard InChI is InChI=1S/C13H21N3O2/c1-8-13(9(2)15(4)14-8)10(3)16-6-11(7-17)5-12(16)18/h10-11,17H,5-7H2,1-4H3. The zero-order chi connectivity index (χ0) is 13.4. The lowest BCUT2D eigenvalue weighted by Crippen LogP contribution is -2.29. The van der Waals surface area contributed by atoms with Crippen molar-refractivity contribution in [1.29, 1.82) is 0 Å². The minimum Gasteiger partial charge on any atom is -0.396 e. The van der Waals surface area contributed by atoms with Crippen LogP contribution in [0.15, 0.2) is 0 Å². The summed E-state index contributed by atoms with van der Waals surface area (Å²) in [7, 11) is 1.92. The van der Waals surface area contributed by atoms with Gasteiger partial charge in [0.15, 0.2) is 0 Å². The molecule has 2 heterocycles. The number of hydrogen-bond donors (Lipinski definition) is 1. The van der Waals surface area contributed by atoms with E-state index in [1.165, 1.54) is 0 Å². The zero-order valence-corrected chi connectivity index (χ0v) is 11.5. The molecule has 0 spiro atoms. The van der Waals surface area contributed by atoms with E-state index in [0.29, 0.717) is 13.0 Å². The molecule has 0 aliphatic carbocycles. The SMILES string of the molecule is Cc1nn(C)c(C)c1C(C)N1CC(CO)CC1=O. The first-order chi connectivity index (χ1) is 8.45. The van der Waals surface area contributed by atoms with Crippen LogP contribution in [0.1, 0.15) is 36.3 Å². The molecule has 1 amide bonds. The van der Waals surface area contributed by atoms with E-state index in [0.717, 1.165) is 17.0 Å². The number of aliphatic hydroxyl groups is 1. The molecule has 2 rings (SSSR count). The number of aliphatic hydroxyl groups excluding tert-OH is 1. The van der Waals surface area contributed by atoms with Gasteiger partial charge in [0.2, 0.25) is 5.91 Å². The lowest BCUT2D eigenvalue weighted by molar-refractivity contribution is -0.129. The average Bonchev–Trinajstić information content (AvgIpc) is 2.80. The highest BCUT2D eigenvalue weighted by molar-refractivity contribution is 5.79. The number of carbonyl (C=O) groups is 1. The van der Waals surface area contributed by atoms with Crippen molar-refractivity contribution in [3.8, 4) is 0 Å². The summed E-state index contributed by atoms with van der Waals surface area (Å²) in [6, 6.07) is 0.0303. The Morgan fingerprint density at radius 3 is 2.61 bits per heavy atom. The van der Waals surface area contributed by atoms with E-state index < -0.39 is 0 Å². The summed E-state index contributed by atoms with van der Waals surface area (Å²) in [6.07, 6.45) is 0.458. The lowest BCUT2D eigenvalue weighted by Gasteiger charge is -2.25. The predicted octanol–water partition coefficient (Wildman–Crippen LogP) is 0.939. The quantitative estimate of drug-likeness (QED) is 0.869. The molecule has 2 atom stereocenters. The van der Waals surface area contributed by atoms with Crippen molar-refractivity contribution in [2.45, 2.75) is 33.2 Å². The minimum atomic E-state index is 0.0303. The number of likely N-dealkylation sites (tertiary alicyclic amines) is 1. The van der Waals surface area contributed by atoms with Gasteiger partial charge in [-0.15, -0.1) is 0 Å².